The molecule has 1 aromatic rings. The summed E-state index contributed by atoms with van der Waals surface area (Å²) in [6.45, 7) is 6.11. The molecule has 0 bridgehead atoms. The van der Waals surface area contributed by atoms with E-state index in [-0.39, 0.29) is 23.8 Å². The Labute approximate surface area is 143 Å². The van der Waals surface area contributed by atoms with Crippen LogP contribution in [-0.2, 0) is 4.79 Å². The van der Waals surface area contributed by atoms with Crippen molar-refractivity contribution in [2.45, 2.75) is 39.2 Å². The third-order valence-corrected chi connectivity index (χ3v) is 4.49. The fraction of sp³-hybridized carbons (Fsp3) is 0.647. The molecule has 1 aliphatic heterocycles. The molecule has 1 fully saturated rings. The van der Waals surface area contributed by atoms with Gasteiger partial charge in [0.1, 0.15) is 5.82 Å². The number of amides is 1. The van der Waals surface area contributed by atoms with Crippen LogP contribution in [0.25, 0.3) is 0 Å². The van der Waals surface area contributed by atoms with Gasteiger partial charge in [-0.1, -0.05) is 18.5 Å². The highest BCUT2D eigenvalue weighted by Crippen LogP contribution is 2.22. The van der Waals surface area contributed by atoms with Crippen LogP contribution in [0.15, 0.2) is 18.3 Å². The van der Waals surface area contributed by atoms with Gasteiger partial charge in [-0.05, 0) is 44.2 Å². The zero-order chi connectivity index (χ0) is 16.8. The second-order valence-corrected chi connectivity index (χ2v) is 6.97. The molecule has 2 N–H and O–H groups in total. The summed E-state index contributed by atoms with van der Waals surface area (Å²) in [5.74, 6) is 1.40. The van der Waals surface area contributed by atoms with Gasteiger partial charge in [-0.15, -0.1) is 0 Å². The molecule has 0 radical (unpaired) electrons. The van der Waals surface area contributed by atoms with E-state index in [0.29, 0.717) is 18.0 Å². The SMILES string of the molecule is CC(O)CC(C)CNC(=O)C1CCN(c2ccc(Cl)cn2)CC1. The maximum Gasteiger partial charge on any atom is 0.223 e. The zero-order valence-electron chi connectivity index (χ0n) is 13.8. The number of nitrogens with zero attached hydrogens (tertiary/aromatic N) is 2. The Bertz CT molecular complexity index is 499. The predicted octanol–water partition coefficient (Wildman–Crippen LogP) is 2.47. The minimum Gasteiger partial charge on any atom is -0.393 e. The van der Waals surface area contributed by atoms with Crippen LogP contribution in [0.1, 0.15) is 33.1 Å². The molecule has 2 unspecified atom stereocenters. The quantitative estimate of drug-likeness (QED) is 0.835. The van der Waals surface area contributed by atoms with E-state index < -0.39 is 0 Å². The van der Waals surface area contributed by atoms with Crippen molar-refractivity contribution in [2.75, 3.05) is 24.5 Å². The molecule has 0 saturated carbocycles. The van der Waals surface area contributed by atoms with Crippen LogP contribution >= 0.6 is 11.6 Å². The summed E-state index contributed by atoms with van der Waals surface area (Å²) < 4.78 is 0. The Morgan fingerprint density at radius 1 is 1.43 bits per heavy atom. The second-order valence-electron chi connectivity index (χ2n) is 6.53. The van der Waals surface area contributed by atoms with E-state index in [1.807, 2.05) is 19.1 Å². The van der Waals surface area contributed by atoms with Crippen molar-refractivity contribution in [1.82, 2.24) is 10.3 Å². The van der Waals surface area contributed by atoms with Gasteiger partial charge in [-0.2, -0.15) is 0 Å². The Morgan fingerprint density at radius 2 is 2.13 bits per heavy atom. The first-order valence-corrected chi connectivity index (χ1v) is 8.65. The summed E-state index contributed by atoms with van der Waals surface area (Å²) in [7, 11) is 0. The van der Waals surface area contributed by atoms with E-state index in [1.54, 1.807) is 13.1 Å². The Balaban J connectivity index is 1.75. The summed E-state index contributed by atoms with van der Waals surface area (Å²) in [6, 6.07) is 3.76. The molecule has 1 saturated heterocycles. The molecule has 2 atom stereocenters. The normalized spacial score (nSPS) is 18.5. The van der Waals surface area contributed by atoms with Crippen molar-refractivity contribution in [1.29, 1.82) is 0 Å². The number of aromatic nitrogens is 1. The first kappa shape index (κ1) is 18.0. The third kappa shape index (κ3) is 5.66. The number of aliphatic hydroxyl groups excluding tert-OH is 1. The molecule has 1 aromatic heterocycles. The number of anilines is 1. The summed E-state index contributed by atoms with van der Waals surface area (Å²) in [6.07, 6.45) is 3.71. The molecule has 2 heterocycles. The van der Waals surface area contributed by atoms with E-state index >= 15 is 0 Å². The zero-order valence-corrected chi connectivity index (χ0v) is 14.6. The Morgan fingerprint density at radius 3 is 2.70 bits per heavy atom. The maximum atomic E-state index is 12.3. The van der Waals surface area contributed by atoms with Gasteiger partial charge in [0.15, 0.2) is 0 Å². The molecule has 2 rings (SSSR count). The lowest BCUT2D eigenvalue weighted by Crippen LogP contribution is -2.42. The summed E-state index contributed by atoms with van der Waals surface area (Å²) in [5, 5.41) is 13.0. The molecule has 1 amide bonds. The summed E-state index contributed by atoms with van der Waals surface area (Å²) in [5.41, 5.74) is 0. The lowest BCUT2D eigenvalue weighted by atomic mass is 9.95. The van der Waals surface area contributed by atoms with Crippen LogP contribution in [0.5, 0.6) is 0 Å². The van der Waals surface area contributed by atoms with Crippen molar-refractivity contribution in [3.63, 3.8) is 0 Å². The van der Waals surface area contributed by atoms with Gasteiger partial charge < -0.3 is 15.3 Å². The van der Waals surface area contributed by atoms with Gasteiger partial charge in [-0.25, -0.2) is 4.98 Å². The number of aliphatic hydroxyl groups is 1. The molecule has 1 aliphatic rings. The molecule has 0 aromatic carbocycles. The monoisotopic (exact) mass is 339 g/mol. The van der Waals surface area contributed by atoms with Gasteiger partial charge in [0.25, 0.3) is 0 Å². The number of hydrogen-bond acceptors (Lipinski definition) is 4. The topological polar surface area (TPSA) is 65.5 Å². The Kier molecular flexibility index (Phi) is 6.66. The van der Waals surface area contributed by atoms with E-state index in [1.165, 1.54) is 0 Å². The van der Waals surface area contributed by atoms with Crippen molar-refractivity contribution in [3.8, 4) is 0 Å². The Hall–Kier alpha value is -1.33. The van der Waals surface area contributed by atoms with E-state index in [4.69, 9.17) is 11.6 Å². The van der Waals surface area contributed by atoms with E-state index in [2.05, 4.69) is 15.2 Å². The fourth-order valence-corrected chi connectivity index (χ4v) is 3.12. The van der Waals surface area contributed by atoms with Crippen LogP contribution in [0.3, 0.4) is 0 Å². The van der Waals surface area contributed by atoms with Gasteiger partial charge in [0, 0.05) is 31.7 Å². The average molecular weight is 340 g/mol. The third-order valence-electron chi connectivity index (χ3n) is 4.27. The predicted molar refractivity (Wildman–Crippen MR) is 92.7 cm³/mol. The standard InChI is InChI=1S/C17H26ClN3O2/c1-12(9-13(2)22)10-20-17(23)14-5-7-21(8-6-14)16-4-3-15(18)11-19-16/h3-4,11-14,22H,5-10H2,1-2H3,(H,20,23). The summed E-state index contributed by atoms with van der Waals surface area (Å²) >= 11 is 5.86. The van der Waals surface area contributed by atoms with Crippen LogP contribution in [-0.4, -0.2) is 41.7 Å². The molecule has 128 valence electrons. The summed E-state index contributed by atoms with van der Waals surface area (Å²) in [4.78, 5) is 18.8. The van der Waals surface area contributed by atoms with Gasteiger partial charge in [0.05, 0.1) is 11.1 Å². The number of hydrogen-bond donors (Lipinski definition) is 2. The number of carbonyl (C=O) groups excluding carboxylic acids is 1. The van der Waals surface area contributed by atoms with Gasteiger partial charge in [0.2, 0.25) is 5.91 Å². The fourth-order valence-electron chi connectivity index (χ4n) is 3.01. The van der Waals surface area contributed by atoms with Crippen molar-refractivity contribution >= 4 is 23.3 Å². The minimum absolute atomic E-state index is 0.0669. The number of piperidine rings is 1. The number of halogens is 1. The number of rotatable bonds is 6. The highest BCUT2D eigenvalue weighted by molar-refractivity contribution is 6.30. The first-order valence-electron chi connectivity index (χ1n) is 8.28. The molecule has 6 heteroatoms. The largest absolute Gasteiger partial charge is 0.393 e. The minimum atomic E-state index is -0.322. The van der Waals surface area contributed by atoms with Crippen molar-refractivity contribution < 1.29 is 9.90 Å². The lowest BCUT2D eigenvalue weighted by molar-refractivity contribution is -0.125. The second kappa shape index (κ2) is 8.50. The maximum absolute atomic E-state index is 12.3. The molecular formula is C17H26ClN3O2. The van der Waals surface area contributed by atoms with Gasteiger partial charge >= 0.3 is 0 Å². The van der Waals surface area contributed by atoms with Crippen LogP contribution < -0.4 is 10.2 Å². The highest BCUT2D eigenvalue weighted by atomic mass is 35.5. The molecular weight excluding hydrogens is 314 g/mol. The smallest absolute Gasteiger partial charge is 0.223 e. The molecule has 0 aliphatic carbocycles. The lowest BCUT2D eigenvalue weighted by Gasteiger charge is -2.32. The molecule has 23 heavy (non-hydrogen) atoms. The highest BCUT2D eigenvalue weighted by Gasteiger charge is 2.25. The average Bonchev–Trinajstić information content (AvgIpc) is 2.53. The van der Waals surface area contributed by atoms with Gasteiger partial charge in [-0.3, -0.25) is 4.79 Å². The van der Waals surface area contributed by atoms with E-state index in [0.717, 1.165) is 31.7 Å². The van der Waals surface area contributed by atoms with Crippen molar-refractivity contribution in [3.05, 3.63) is 23.4 Å². The van der Waals surface area contributed by atoms with Crippen LogP contribution in [0.2, 0.25) is 5.02 Å². The van der Waals surface area contributed by atoms with Crippen LogP contribution in [0.4, 0.5) is 5.82 Å². The molecule has 5 nitrogen and oxygen atoms in total. The van der Waals surface area contributed by atoms with Crippen LogP contribution in [0, 0.1) is 11.8 Å². The van der Waals surface area contributed by atoms with Crippen molar-refractivity contribution in [2.24, 2.45) is 11.8 Å². The number of nitrogens with one attached hydrogen (secondary N) is 1. The first-order chi connectivity index (χ1) is 11.0. The van der Waals surface area contributed by atoms with E-state index in [9.17, 15) is 9.90 Å². The molecule has 0 spiro atoms. The number of pyridine rings is 1. The number of carbonyl (C=O) groups is 1.